The molecule has 0 unspecified atom stereocenters. The van der Waals surface area contributed by atoms with Gasteiger partial charge in [-0.3, -0.25) is 0 Å². The summed E-state index contributed by atoms with van der Waals surface area (Å²) in [5, 5.41) is 0.450. The molecular formula is C25H20ClF3N2O3S. The normalized spacial score (nSPS) is 12.2. The molecule has 4 rings (SSSR count). The predicted molar refractivity (Wildman–Crippen MR) is 129 cm³/mol. The zero-order valence-corrected chi connectivity index (χ0v) is 20.3. The summed E-state index contributed by atoms with van der Waals surface area (Å²) in [5.74, 6) is 0.770. The van der Waals surface area contributed by atoms with Crippen molar-refractivity contribution < 1.29 is 26.3 Å². The maximum absolute atomic E-state index is 13.6. The lowest BCUT2D eigenvalue weighted by Crippen LogP contribution is -2.08. The minimum Gasteiger partial charge on any atom is -0.457 e. The number of rotatable bonds is 6. The van der Waals surface area contributed by atoms with E-state index in [-0.39, 0.29) is 38.1 Å². The first-order valence-electron chi connectivity index (χ1n) is 10.6. The van der Waals surface area contributed by atoms with Gasteiger partial charge in [-0.1, -0.05) is 36.7 Å². The van der Waals surface area contributed by atoms with Crippen molar-refractivity contribution in [3.8, 4) is 22.8 Å². The van der Waals surface area contributed by atoms with Crippen molar-refractivity contribution in [2.75, 3.05) is 5.75 Å². The Morgan fingerprint density at radius 1 is 0.971 bits per heavy atom. The molecule has 1 heterocycles. The SMILES string of the molecule is CCCS(=O)(=O)c1cccc(Oc2ccc(Cl)c(-c3nc(C)nc4c(C(F)(F)F)cccc34)c2)c1. The zero-order valence-electron chi connectivity index (χ0n) is 18.7. The largest absolute Gasteiger partial charge is 0.457 e. The monoisotopic (exact) mass is 520 g/mol. The first-order valence-corrected chi connectivity index (χ1v) is 12.7. The van der Waals surface area contributed by atoms with Crippen LogP contribution in [0.3, 0.4) is 0 Å². The number of benzene rings is 3. The summed E-state index contributed by atoms with van der Waals surface area (Å²) in [7, 11) is -3.44. The molecule has 0 amide bonds. The number of alkyl halides is 3. The van der Waals surface area contributed by atoms with Crippen LogP contribution in [0, 0.1) is 6.92 Å². The summed E-state index contributed by atoms with van der Waals surface area (Å²) in [5.41, 5.74) is -0.504. The fraction of sp³-hybridized carbons (Fsp3) is 0.200. The Bertz CT molecular complexity index is 1520. The number of fused-ring (bicyclic) bond motifs is 1. The fourth-order valence-corrected chi connectivity index (χ4v) is 5.26. The van der Waals surface area contributed by atoms with Crippen molar-refractivity contribution in [2.45, 2.75) is 31.3 Å². The van der Waals surface area contributed by atoms with Gasteiger partial charge in [-0.25, -0.2) is 18.4 Å². The topological polar surface area (TPSA) is 69.2 Å². The molecule has 0 saturated carbocycles. The van der Waals surface area contributed by atoms with Crippen LogP contribution < -0.4 is 4.74 Å². The van der Waals surface area contributed by atoms with E-state index in [0.717, 1.165) is 6.07 Å². The maximum Gasteiger partial charge on any atom is 0.418 e. The second kappa shape index (κ2) is 9.47. The van der Waals surface area contributed by atoms with E-state index in [1.165, 1.54) is 31.2 Å². The van der Waals surface area contributed by atoms with E-state index in [9.17, 15) is 21.6 Å². The van der Waals surface area contributed by atoms with Crippen molar-refractivity contribution in [3.63, 3.8) is 0 Å². The quantitative estimate of drug-likeness (QED) is 0.268. The number of aromatic nitrogens is 2. The van der Waals surface area contributed by atoms with Crippen LogP contribution in [0.15, 0.2) is 65.6 Å². The molecule has 0 saturated heterocycles. The number of nitrogens with zero attached hydrogens (tertiary/aromatic N) is 2. The molecule has 0 aliphatic heterocycles. The van der Waals surface area contributed by atoms with Crippen LogP contribution in [0.25, 0.3) is 22.2 Å². The van der Waals surface area contributed by atoms with Gasteiger partial charge >= 0.3 is 6.18 Å². The van der Waals surface area contributed by atoms with Gasteiger partial charge in [-0.15, -0.1) is 0 Å². The van der Waals surface area contributed by atoms with Gasteiger partial charge in [0.05, 0.1) is 32.4 Å². The van der Waals surface area contributed by atoms with Crippen LogP contribution in [-0.2, 0) is 16.0 Å². The van der Waals surface area contributed by atoms with Crippen LogP contribution >= 0.6 is 11.6 Å². The summed E-state index contributed by atoms with van der Waals surface area (Å²) in [6.07, 6.45) is -4.11. The number of aryl methyl sites for hydroxylation is 1. The molecule has 4 aromatic rings. The van der Waals surface area contributed by atoms with E-state index in [2.05, 4.69) is 9.97 Å². The molecule has 0 N–H and O–H groups in total. The highest BCUT2D eigenvalue weighted by Crippen LogP contribution is 2.39. The maximum atomic E-state index is 13.6. The highest BCUT2D eigenvalue weighted by atomic mass is 35.5. The van der Waals surface area contributed by atoms with Crippen LogP contribution in [0.5, 0.6) is 11.5 Å². The van der Waals surface area contributed by atoms with Crippen molar-refractivity contribution in [2.24, 2.45) is 0 Å². The summed E-state index contributed by atoms with van der Waals surface area (Å²) < 4.78 is 71.5. The summed E-state index contributed by atoms with van der Waals surface area (Å²) in [6, 6.07) is 14.6. The van der Waals surface area contributed by atoms with E-state index in [1.54, 1.807) is 37.3 Å². The molecule has 182 valence electrons. The van der Waals surface area contributed by atoms with E-state index >= 15 is 0 Å². The second-order valence-corrected chi connectivity index (χ2v) is 10.4. The molecule has 0 fully saturated rings. The highest BCUT2D eigenvalue weighted by Gasteiger charge is 2.34. The average Bonchev–Trinajstić information content (AvgIpc) is 2.79. The second-order valence-electron chi connectivity index (χ2n) is 7.86. The molecule has 5 nitrogen and oxygen atoms in total. The van der Waals surface area contributed by atoms with E-state index in [1.807, 2.05) is 0 Å². The number of sulfone groups is 1. The molecule has 1 aromatic heterocycles. The average molecular weight is 521 g/mol. The third kappa shape index (κ3) is 5.26. The summed E-state index contributed by atoms with van der Waals surface area (Å²) in [4.78, 5) is 8.55. The Kier molecular flexibility index (Phi) is 6.75. The highest BCUT2D eigenvalue weighted by molar-refractivity contribution is 7.91. The van der Waals surface area contributed by atoms with E-state index < -0.39 is 21.6 Å². The zero-order chi connectivity index (χ0) is 25.4. The van der Waals surface area contributed by atoms with Crippen LogP contribution in [0.4, 0.5) is 13.2 Å². The van der Waals surface area contributed by atoms with Crippen LogP contribution in [0.1, 0.15) is 24.7 Å². The molecule has 0 atom stereocenters. The smallest absolute Gasteiger partial charge is 0.418 e. The van der Waals surface area contributed by atoms with Gasteiger partial charge in [0.15, 0.2) is 9.84 Å². The van der Waals surface area contributed by atoms with Crippen molar-refractivity contribution in [3.05, 3.63) is 77.1 Å². The number of halogens is 4. The van der Waals surface area contributed by atoms with Gasteiger partial charge in [0.2, 0.25) is 0 Å². The number of hydrogen-bond acceptors (Lipinski definition) is 5. The minimum atomic E-state index is -4.59. The minimum absolute atomic E-state index is 0.0155. The van der Waals surface area contributed by atoms with E-state index in [4.69, 9.17) is 16.3 Å². The third-order valence-corrected chi connectivity index (χ3v) is 7.46. The number of ether oxygens (including phenoxy) is 1. The lowest BCUT2D eigenvalue weighted by molar-refractivity contribution is -0.136. The van der Waals surface area contributed by atoms with Gasteiger partial charge in [-0.2, -0.15) is 13.2 Å². The Morgan fingerprint density at radius 3 is 2.40 bits per heavy atom. The van der Waals surface area contributed by atoms with Gasteiger partial charge in [0.1, 0.15) is 17.3 Å². The molecular weight excluding hydrogens is 501 g/mol. The summed E-state index contributed by atoms with van der Waals surface area (Å²) >= 11 is 6.42. The number of para-hydroxylation sites is 1. The Morgan fingerprint density at radius 2 is 1.69 bits per heavy atom. The predicted octanol–water partition coefficient (Wildman–Crippen LogP) is 7.25. The van der Waals surface area contributed by atoms with Gasteiger partial charge in [-0.05, 0) is 55.8 Å². The first-order chi connectivity index (χ1) is 16.5. The molecule has 0 spiro atoms. The Hall–Kier alpha value is -3.17. The number of hydrogen-bond donors (Lipinski definition) is 0. The van der Waals surface area contributed by atoms with Crippen LogP contribution in [0.2, 0.25) is 5.02 Å². The molecule has 0 radical (unpaired) electrons. The van der Waals surface area contributed by atoms with Crippen molar-refractivity contribution in [1.29, 1.82) is 0 Å². The lowest BCUT2D eigenvalue weighted by atomic mass is 10.0. The van der Waals surface area contributed by atoms with Gasteiger partial charge in [0.25, 0.3) is 0 Å². The van der Waals surface area contributed by atoms with Gasteiger partial charge < -0.3 is 4.74 Å². The Balaban J connectivity index is 1.80. The molecule has 3 aromatic carbocycles. The molecule has 0 bridgehead atoms. The first kappa shape index (κ1) is 24.9. The molecule has 10 heteroatoms. The fourth-order valence-electron chi connectivity index (χ4n) is 3.70. The van der Waals surface area contributed by atoms with E-state index in [0.29, 0.717) is 23.5 Å². The Labute approximate surface area is 205 Å². The van der Waals surface area contributed by atoms with Crippen LogP contribution in [-0.4, -0.2) is 24.1 Å². The molecule has 35 heavy (non-hydrogen) atoms. The standard InChI is InChI=1S/C25H20ClF3N2O3S/c1-3-12-35(32,33)18-7-4-6-16(13-18)34-17-10-11-22(26)20(14-17)23-19-8-5-9-21(25(27,28)29)24(19)31-15(2)30-23/h4-11,13-14H,3,12H2,1-2H3. The lowest BCUT2D eigenvalue weighted by Gasteiger charge is -2.14. The molecule has 0 aliphatic rings. The molecule has 0 aliphatic carbocycles. The van der Waals surface area contributed by atoms with Gasteiger partial charge in [0, 0.05) is 10.9 Å². The third-order valence-electron chi connectivity index (χ3n) is 5.21. The summed E-state index contributed by atoms with van der Waals surface area (Å²) in [6.45, 7) is 3.29. The van der Waals surface area contributed by atoms with Crippen molar-refractivity contribution >= 4 is 32.3 Å². The van der Waals surface area contributed by atoms with Crippen molar-refractivity contribution in [1.82, 2.24) is 9.97 Å².